The predicted octanol–water partition coefficient (Wildman–Crippen LogP) is 3.06. The average Bonchev–Trinajstić information content (AvgIpc) is 3.18. The summed E-state index contributed by atoms with van der Waals surface area (Å²) in [5, 5.41) is 8.96. The maximum absolute atomic E-state index is 12.8. The van der Waals surface area contributed by atoms with Crippen molar-refractivity contribution in [3.05, 3.63) is 33.8 Å². The van der Waals surface area contributed by atoms with Gasteiger partial charge in [-0.15, -0.1) is 0 Å². The Bertz CT molecular complexity index is 515. The minimum Gasteiger partial charge on any atom is -0.395 e. The predicted molar refractivity (Wildman–Crippen MR) is 70.3 cm³/mol. The van der Waals surface area contributed by atoms with E-state index in [1.54, 1.807) is 0 Å². The molecule has 0 radical (unpaired) electrons. The Morgan fingerprint density at radius 2 is 2.05 bits per heavy atom. The highest BCUT2D eigenvalue weighted by Crippen LogP contribution is 2.36. The SMILES string of the molecule is O=C(c1ccc(Br)c(C(F)(F)F)c1)N(CCO)C1CC1. The molecule has 1 fully saturated rings. The molecule has 1 saturated carbocycles. The largest absolute Gasteiger partial charge is 0.417 e. The molecule has 0 bridgehead atoms. The molecule has 1 aromatic carbocycles. The van der Waals surface area contributed by atoms with Crippen LogP contribution in [-0.4, -0.2) is 35.1 Å². The molecule has 1 aromatic rings. The van der Waals surface area contributed by atoms with E-state index < -0.39 is 17.6 Å². The molecule has 1 amide bonds. The molecular weight excluding hydrogens is 339 g/mol. The number of rotatable bonds is 4. The van der Waals surface area contributed by atoms with E-state index in [1.807, 2.05) is 0 Å². The first kappa shape index (κ1) is 15.3. The molecule has 3 nitrogen and oxygen atoms in total. The van der Waals surface area contributed by atoms with Crippen LogP contribution >= 0.6 is 15.9 Å². The van der Waals surface area contributed by atoms with Gasteiger partial charge in [-0.05, 0) is 31.0 Å². The number of carbonyl (C=O) groups is 1. The number of halogens is 4. The van der Waals surface area contributed by atoms with Crippen molar-refractivity contribution in [3.8, 4) is 0 Å². The highest BCUT2D eigenvalue weighted by atomic mass is 79.9. The van der Waals surface area contributed by atoms with Gasteiger partial charge in [-0.1, -0.05) is 15.9 Å². The number of alkyl halides is 3. The highest BCUT2D eigenvalue weighted by Gasteiger charge is 2.36. The Kier molecular flexibility index (Phi) is 4.39. The smallest absolute Gasteiger partial charge is 0.395 e. The van der Waals surface area contributed by atoms with E-state index in [-0.39, 0.29) is 29.2 Å². The Morgan fingerprint density at radius 1 is 1.40 bits per heavy atom. The van der Waals surface area contributed by atoms with Crippen molar-refractivity contribution in [2.75, 3.05) is 13.2 Å². The fraction of sp³-hybridized carbons (Fsp3) is 0.462. The van der Waals surface area contributed by atoms with Gasteiger partial charge in [-0.3, -0.25) is 4.79 Å². The van der Waals surface area contributed by atoms with E-state index in [4.69, 9.17) is 5.11 Å². The van der Waals surface area contributed by atoms with Crippen LogP contribution in [0.3, 0.4) is 0 Å². The quantitative estimate of drug-likeness (QED) is 0.905. The summed E-state index contributed by atoms with van der Waals surface area (Å²) in [6, 6.07) is 3.46. The number of hydrogen-bond donors (Lipinski definition) is 1. The van der Waals surface area contributed by atoms with Crippen molar-refractivity contribution >= 4 is 21.8 Å². The zero-order chi connectivity index (χ0) is 14.9. The van der Waals surface area contributed by atoms with E-state index in [9.17, 15) is 18.0 Å². The number of nitrogens with zero attached hydrogens (tertiary/aromatic N) is 1. The maximum Gasteiger partial charge on any atom is 0.417 e. The number of carbonyl (C=O) groups excluding carboxylic acids is 1. The lowest BCUT2D eigenvalue weighted by Crippen LogP contribution is -2.35. The summed E-state index contributed by atoms with van der Waals surface area (Å²) >= 11 is 2.84. The first-order valence-electron chi connectivity index (χ1n) is 6.13. The number of aliphatic hydroxyl groups is 1. The maximum atomic E-state index is 12.8. The van der Waals surface area contributed by atoms with Crippen molar-refractivity contribution < 1.29 is 23.1 Å². The van der Waals surface area contributed by atoms with Gasteiger partial charge in [0, 0.05) is 22.6 Å². The van der Waals surface area contributed by atoms with Gasteiger partial charge >= 0.3 is 6.18 Å². The van der Waals surface area contributed by atoms with E-state index in [0.717, 1.165) is 18.9 Å². The van der Waals surface area contributed by atoms with Crippen LogP contribution in [0.15, 0.2) is 22.7 Å². The third kappa shape index (κ3) is 3.32. The zero-order valence-electron chi connectivity index (χ0n) is 10.5. The molecule has 1 N–H and O–H groups in total. The summed E-state index contributed by atoms with van der Waals surface area (Å²) in [7, 11) is 0. The zero-order valence-corrected chi connectivity index (χ0v) is 12.0. The van der Waals surface area contributed by atoms with E-state index in [2.05, 4.69) is 15.9 Å². The molecule has 0 aliphatic heterocycles. The standard InChI is InChI=1S/C13H13BrF3NO2/c14-11-4-1-8(7-10(11)13(15,16)17)12(20)18(5-6-19)9-2-3-9/h1,4,7,9,19H,2-3,5-6H2. The van der Waals surface area contributed by atoms with Crippen LogP contribution in [0.5, 0.6) is 0 Å². The van der Waals surface area contributed by atoms with Gasteiger partial charge < -0.3 is 10.0 Å². The van der Waals surface area contributed by atoms with Crippen LogP contribution in [0.25, 0.3) is 0 Å². The average molecular weight is 352 g/mol. The Labute approximate surface area is 122 Å². The van der Waals surface area contributed by atoms with Crippen molar-refractivity contribution in [1.29, 1.82) is 0 Å². The third-order valence-corrected chi connectivity index (χ3v) is 3.80. The van der Waals surface area contributed by atoms with Crippen molar-refractivity contribution in [3.63, 3.8) is 0 Å². The summed E-state index contributed by atoms with van der Waals surface area (Å²) in [6.45, 7) is -0.0637. The van der Waals surface area contributed by atoms with Gasteiger partial charge in [-0.25, -0.2) is 0 Å². The second-order valence-corrected chi connectivity index (χ2v) is 5.50. The molecule has 20 heavy (non-hydrogen) atoms. The molecule has 0 aromatic heterocycles. The second-order valence-electron chi connectivity index (χ2n) is 4.65. The molecule has 110 valence electrons. The Morgan fingerprint density at radius 3 is 2.55 bits per heavy atom. The summed E-state index contributed by atoms with van der Waals surface area (Å²) in [5.74, 6) is -0.473. The van der Waals surface area contributed by atoms with Crippen LogP contribution in [0.4, 0.5) is 13.2 Å². The first-order chi connectivity index (χ1) is 9.34. The van der Waals surface area contributed by atoms with E-state index in [1.165, 1.54) is 17.0 Å². The van der Waals surface area contributed by atoms with Crippen molar-refractivity contribution in [2.24, 2.45) is 0 Å². The fourth-order valence-corrected chi connectivity index (χ4v) is 2.46. The first-order valence-corrected chi connectivity index (χ1v) is 6.92. The summed E-state index contributed by atoms with van der Waals surface area (Å²) in [5.41, 5.74) is -0.885. The molecule has 0 spiro atoms. The van der Waals surface area contributed by atoms with Gasteiger partial charge in [0.1, 0.15) is 0 Å². The van der Waals surface area contributed by atoms with Gasteiger partial charge in [0.25, 0.3) is 5.91 Å². The number of hydrogen-bond acceptors (Lipinski definition) is 2. The Hall–Kier alpha value is -1.08. The normalized spacial score (nSPS) is 15.2. The van der Waals surface area contributed by atoms with Crippen molar-refractivity contribution in [1.82, 2.24) is 4.90 Å². The van der Waals surface area contributed by atoms with Gasteiger partial charge in [0.05, 0.1) is 12.2 Å². The van der Waals surface area contributed by atoms with Crippen LogP contribution in [-0.2, 0) is 6.18 Å². The lowest BCUT2D eigenvalue weighted by Gasteiger charge is -2.22. The molecule has 2 rings (SSSR count). The molecule has 0 saturated heterocycles. The summed E-state index contributed by atoms with van der Waals surface area (Å²) < 4.78 is 38.4. The molecule has 1 aliphatic carbocycles. The summed E-state index contributed by atoms with van der Waals surface area (Å²) in [6.07, 6.45) is -2.86. The van der Waals surface area contributed by atoms with Crippen LogP contribution in [0.1, 0.15) is 28.8 Å². The van der Waals surface area contributed by atoms with E-state index >= 15 is 0 Å². The molecule has 1 aliphatic rings. The molecule has 0 atom stereocenters. The molecule has 7 heteroatoms. The summed E-state index contributed by atoms with van der Waals surface area (Å²) in [4.78, 5) is 13.7. The van der Waals surface area contributed by atoms with Gasteiger partial charge in [-0.2, -0.15) is 13.2 Å². The van der Waals surface area contributed by atoms with Gasteiger partial charge in [0.15, 0.2) is 0 Å². The highest BCUT2D eigenvalue weighted by molar-refractivity contribution is 9.10. The topological polar surface area (TPSA) is 40.5 Å². The Balaban J connectivity index is 2.30. The van der Waals surface area contributed by atoms with E-state index in [0.29, 0.717) is 0 Å². The molecule has 0 heterocycles. The van der Waals surface area contributed by atoms with Crippen LogP contribution < -0.4 is 0 Å². The fourth-order valence-electron chi connectivity index (χ4n) is 1.99. The lowest BCUT2D eigenvalue weighted by molar-refractivity contribution is -0.138. The number of benzene rings is 1. The van der Waals surface area contributed by atoms with Crippen LogP contribution in [0, 0.1) is 0 Å². The monoisotopic (exact) mass is 351 g/mol. The van der Waals surface area contributed by atoms with Crippen LogP contribution in [0.2, 0.25) is 0 Å². The minimum absolute atomic E-state index is 0.0131. The molecule has 0 unspecified atom stereocenters. The number of amides is 1. The van der Waals surface area contributed by atoms with Crippen molar-refractivity contribution in [2.45, 2.75) is 25.1 Å². The number of aliphatic hydroxyl groups excluding tert-OH is 1. The lowest BCUT2D eigenvalue weighted by atomic mass is 10.1. The minimum atomic E-state index is -4.52. The second kappa shape index (κ2) is 5.73. The third-order valence-electron chi connectivity index (χ3n) is 3.11. The molecular formula is C13H13BrF3NO2. The van der Waals surface area contributed by atoms with Gasteiger partial charge in [0.2, 0.25) is 0 Å².